The molecule has 0 spiro atoms. The van der Waals surface area contributed by atoms with Gasteiger partial charge in [-0.25, -0.2) is 8.42 Å². The molecule has 0 aliphatic rings. The molecule has 10 heteroatoms. The lowest BCUT2D eigenvalue weighted by Crippen LogP contribution is -2.53. The summed E-state index contributed by atoms with van der Waals surface area (Å²) in [6.07, 6.45) is 3.02. The normalized spacial score (nSPS) is 12.0. The van der Waals surface area contributed by atoms with Crippen LogP contribution in [-0.4, -0.2) is 50.5 Å². The van der Waals surface area contributed by atoms with Gasteiger partial charge in [0.15, 0.2) is 0 Å². The Bertz CT molecular complexity index is 1420. The van der Waals surface area contributed by atoms with E-state index in [1.165, 1.54) is 4.90 Å². The summed E-state index contributed by atoms with van der Waals surface area (Å²) >= 11 is 9.92. The fourth-order valence-corrected chi connectivity index (χ4v) is 5.55. The van der Waals surface area contributed by atoms with E-state index in [1.807, 2.05) is 50.2 Å². The Hall–Kier alpha value is -2.88. The topological polar surface area (TPSA) is 86.8 Å². The summed E-state index contributed by atoms with van der Waals surface area (Å²) in [7, 11) is -3.84. The van der Waals surface area contributed by atoms with E-state index in [-0.39, 0.29) is 18.9 Å². The number of anilines is 1. The van der Waals surface area contributed by atoms with Crippen molar-refractivity contribution < 1.29 is 18.0 Å². The molecular formula is C30H35BrClN3O4S. The molecule has 0 radical (unpaired) electrons. The second-order valence-corrected chi connectivity index (χ2v) is 12.8. The van der Waals surface area contributed by atoms with E-state index < -0.39 is 28.5 Å². The van der Waals surface area contributed by atoms with E-state index >= 15 is 0 Å². The van der Waals surface area contributed by atoms with E-state index in [9.17, 15) is 18.0 Å². The maximum Gasteiger partial charge on any atom is 0.244 e. The first-order valence-electron chi connectivity index (χ1n) is 13.1. The number of carbonyl (C=O) groups excluding carboxylic acids is 2. The molecule has 0 aliphatic heterocycles. The first-order valence-corrected chi connectivity index (χ1v) is 16.1. The Morgan fingerprint density at radius 1 is 1.02 bits per heavy atom. The van der Waals surface area contributed by atoms with Gasteiger partial charge in [-0.3, -0.25) is 13.9 Å². The van der Waals surface area contributed by atoms with Crippen LogP contribution < -0.4 is 9.62 Å². The van der Waals surface area contributed by atoms with Gasteiger partial charge in [-0.2, -0.15) is 0 Å². The van der Waals surface area contributed by atoms with Gasteiger partial charge in [0.05, 0.1) is 11.9 Å². The highest BCUT2D eigenvalue weighted by atomic mass is 79.9. The Morgan fingerprint density at radius 3 is 2.33 bits per heavy atom. The van der Waals surface area contributed by atoms with Crippen molar-refractivity contribution in [3.05, 3.63) is 99.0 Å². The van der Waals surface area contributed by atoms with E-state index in [0.717, 1.165) is 39.0 Å². The maximum absolute atomic E-state index is 14.1. The van der Waals surface area contributed by atoms with Gasteiger partial charge in [0.1, 0.15) is 12.6 Å². The van der Waals surface area contributed by atoms with Gasteiger partial charge in [-0.15, -0.1) is 0 Å². The zero-order valence-corrected chi connectivity index (χ0v) is 26.1. The van der Waals surface area contributed by atoms with Crippen LogP contribution in [0.4, 0.5) is 5.69 Å². The monoisotopic (exact) mass is 647 g/mol. The van der Waals surface area contributed by atoms with Crippen molar-refractivity contribution >= 4 is 55.1 Å². The second-order valence-electron chi connectivity index (χ2n) is 9.67. The van der Waals surface area contributed by atoms with Crippen LogP contribution in [0, 0.1) is 6.92 Å². The number of aryl methyl sites for hydroxylation is 1. The molecular weight excluding hydrogens is 614 g/mol. The molecule has 0 saturated carbocycles. The smallest absolute Gasteiger partial charge is 0.244 e. The molecule has 2 amide bonds. The number of amides is 2. The number of rotatable bonds is 13. The molecule has 0 aliphatic carbocycles. The number of benzene rings is 3. The number of unbranched alkanes of at least 4 members (excludes halogenated alkanes) is 1. The summed E-state index contributed by atoms with van der Waals surface area (Å²) in [6, 6.07) is 20.8. The van der Waals surface area contributed by atoms with Gasteiger partial charge >= 0.3 is 0 Å². The molecule has 3 aromatic rings. The standard InChI is InChI=1S/C30H35BrClN3O4S/c1-4-5-17-33-30(37)28(19-23-11-7-6-8-12-23)34(20-24-13-9-10-14-27(24)32)29(36)21-35(40(3,38)39)25-15-16-26(31)22(2)18-25/h6-16,18,28H,4-5,17,19-21H2,1-3H3,(H,33,37)/t28-/m1/s1. The summed E-state index contributed by atoms with van der Waals surface area (Å²) in [5, 5.41) is 3.42. The third-order valence-electron chi connectivity index (χ3n) is 6.51. The molecule has 0 heterocycles. The minimum atomic E-state index is -3.84. The minimum Gasteiger partial charge on any atom is -0.354 e. The number of halogens is 2. The predicted octanol–water partition coefficient (Wildman–Crippen LogP) is 5.73. The third-order valence-corrected chi connectivity index (χ3v) is 8.91. The van der Waals surface area contributed by atoms with Crippen LogP contribution in [0.25, 0.3) is 0 Å². The number of hydrogen-bond donors (Lipinski definition) is 1. The number of sulfonamides is 1. The van der Waals surface area contributed by atoms with Gasteiger partial charge < -0.3 is 10.2 Å². The van der Waals surface area contributed by atoms with Crippen LogP contribution in [0.2, 0.25) is 5.02 Å². The number of nitrogens with zero attached hydrogens (tertiary/aromatic N) is 2. The van der Waals surface area contributed by atoms with Crippen LogP contribution in [0.15, 0.2) is 77.3 Å². The van der Waals surface area contributed by atoms with Gasteiger partial charge in [-0.1, -0.05) is 89.4 Å². The van der Waals surface area contributed by atoms with Crippen molar-refractivity contribution in [3.8, 4) is 0 Å². The Balaban J connectivity index is 2.05. The highest BCUT2D eigenvalue weighted by Gasteiger charge is 2.33. The summed E-state index contributed by atoms with van der Waals surface area (Å²) in [6.45, 7) is 3.91. The van der Waals surface area contributed by atoms with Crippen molar-refractivity contribution in [2.75, 3.05) is 23.7 Å². The lowest BCUT2D eigenvalue weighted by Gasteiger charge is -2.33. The highest BCUT2D eigenvalue weighted by Crippen LogP contribution is 2.26. The van der Waals surface area contributed by atoms with E-state index in [4.69, 9.17) is 11.6 Å². The van der Waals surface area contributed by atoms with Crippen molar-refractivity contribution in [2.45, 2.75) is 45.7 Å². The van der Waals surface area contributed by atoms with E-state index in [0.29, 0.717) is 22.8 Å². The summed E-state index contributed by atoms with van der Waals surface area (Å²) < 4.78 is 27.7. The SMILES string of the molecule is CCCCNC(=O)[C@@H](Cc1ccccc1)N(Cc1ccccc1Cl)C(=O)CN(c1ccc(Br)c(C)c1)S(C)(=O)=O. The van der Waals surface area contributed by atoms with Crippen LogP contribution in [0.1, 0.15) is 36.5 Å². The molecule has 214 valence electrons. The van der Waals surface area contributed by atoms with Gasteiger partial charge in [0.25, 0.3) is 0 Å². The summed E-state index contributed by atoms with van der Waals surface area (Å²) in [4.78, 5) is 29.1. The van der Waals surface area contributed by atoms with Crippen molar-refractivity contribution in [2.24, 2.45) is 0 Å². The van der Waals surface area contributed by atoms with E-state index in [1.54, 1.807) is 36.4 Å². The quantitative estimate of drug-likeness (QED) is 0.240. The van der Waals surface area contributed by atoms with Crippen molar-refractivity contribution in [1.29, 1.82) is 0 Å². The fourth-order valence-electron chi connectivity index (χ4n) is 4.27. The third kappa shape index (κ3) is 8.81. The average Bonchev–Trinajstić information content (AvgIpc) is 2.91. The number of nitrogens with one attached hydrogen (secondary N) is 1. The fraction of sp³-hybridized carbons (Fsp3) is 0.333. The summed E-state index contributed by atoms with van der Waals surface area (Å²) in [5.41, 5.74) is 2.71. The van der Waals surface area contributed by atoms with Gasteiger partial charge in [-0.05, 0) is 54.3 Å². The van der Waals surface area contributed by atoms with Crippen molar-refractivity contribution in [1.82, 2.24) is 10.2 Å². The first-order chi connectivity index (χ1) is 19.0. The first kappa shape index (κ1) is 31.6. The van der Waals surface area contributed by atoms with Crippen molar-refractivity contribution in [3.63, 3.8) is 0 Å². The maximum atomic E-state index is 14.1. The second kappa shape index (κ2) is 14.7. The minimum absolute atomic E-state index is 0.0359. The van der Waals surface area contributed by atoms with Gasteiger partial charge in [0, 0.05) is 29.0 Å². The number of carbonyl (C=O) groups is 2. The largest absolute Gasteiger partial charge is 0.354 e. The zero-order chi connectivity index (χ0) is 29.3. The molecule has 0 saturated heterocycles. The van der Waals surface area contributed by atoms with Crippen LogP contribution in [0.5, 0.6) is 0 Å². The molecule has 0 unspecified atom stereocenters. The highest BCUT2D eigenvalue weighted by molar-refractivity contribution is 9.10. The lowest BCUT2D eigenvalue weighted by molar-refractivity contribution is -0.140. The molecule has 0 fully saturated rings. The average molecular weight is 649 g/mol. The van der Waals surface area contributed by atoms with Crippen LogP contribution >= 0.6 is 27.5 Å². The Kier molecular flexibility index (Phi) is 11.6. The predicted molar refractivity (Wildman–Crippen MR) is 165 cm³/mol. The van der Waals surface area contributed by atoms with Gasteiger partial charge in [0.2, 0.25) is 21.8 Å². The molecule has 1 N–H and O–H groups in total. The lowest BCUT2D eigenvalue weighted by atomic mass is 10.0. The summed E-state index contributed by atoms with van der Waals surface area (Å²) in [5.74, 6) is -0.819. The molecule has 3 aromatic carbocycles. The van der Waals surface area contributed by atoms with E-state index in [2.05, 4.69) is 21.2 Å². The number of hydrogen-bond acceptors (Lipinski definition) is 4. The molecule has 0 aromatic heterocycles. The Morgan fingerprint density at radius 2 is 1.70 bits per heavy atom. The van der Waals surface area contributed by atoms with Crippen LogP contribution in [-0.2, 0) is 32.6 Å². The molecule has 3 rings (SSSR count). The molecule has 0 bridgehead atoms. The molecule has 7 nitrogen and oxygen atoms in total. The van der Waals surface area contributed by atoms with Crippen LogP contribution in [0.3, 0.4) is 0 Å². The molecule has 1 atom stereocenters. The zero-order valence-electron chi connectivity index (χ0n) is 22.9. The molecule has 40 heavy (non-hydrogen) atoms. The Labute approximate surface area is 250 Å².